The van der Waals surface area contributed by atoms with Crippen LogP contribution in [0.2, 0.25) is 5.28 Å². The van der Waals surface area contributed by atoms with Crippen molar-refractivity contribution in [1.82, 2.24) is 14.4 Å². The summed E-state index contributed by atoms with van der Waals surface area (Å²) in [7, 11) is 0. The van der Waals surface area contributed by atoms with E-state index < -0.39 is 0 Å². The second-order valence-corrected chi connectivity index (χ2v) is 3.19. The average molecular weight is 232 g/mol. The molecule has 0 aliphatic heterocycles. The van der Waals surface area contributed by atoms with Crippen molar-refractivity contribution in [1.29, 1.82) is 0 Å². The molecule has 0 aliphatic carbocycles. The third-order valence-electron chi connectivity index (χ3n) is 1.34. The van der Waals surface area contributed by atoms with Gasteiger partial charge in [0.2, 0.25) is 5.28 Å². The van der Waals surface area contributed by atoms with Crippen LogP contribution in [0.3, 0.4) is 0 Å². The number of imidazole rings is 1. The summed E-state index contributed by atoms with van der Waals surface area (Å²) in [6.07, 6.45) is 5.06. The zero-order valence-corrected chi connectivity index (χ0v) is 7.67. The van der Waals surface area contributed by atoms with Crippen LogP contribution in [0.25, 0.3) is 5.65 Å². The maximum atomic E-state index is 5.76. The molecule has 0 amide bonds. The molecule has 0 saturated carbocycles. The number of fused-ring (bicyclic) bond motifs is 1. The van der Waals surface area contributed by atoms with Crippen molar-refractivity contribution >= 4 is 33.2 Å². The molecule has 5 heteroatoms. The van der Waals surface area contributed by atoms with Crippen LogP contribution in [0.15, 0.2) is 23.1 Å². The van der Waals surface area contributed by atoms with Gasteiger partial charge in [0.15, 0.2) is 5.65 Å². The Labute approximate surface area is 76.2 Å². The highest BCUT2D eigenvalue weighted by molar-refractivity contribution is 9.10. The lowest BCUT2D eigenvalue weighted by molar-refractivity contribution is 1.08. The van der Waals surface area contributed by atoms with Crippen LogP contribution in [-0.2, 0) is 0 Å². The van der Waals surface area contributed by atoms with Gasteiger partial charge in [0.1, 0.15) is 0 Å². The average Bonchev–Trinajstić information content (AvgIpc) is 2.45. The van der Waals surface area contributed by atoms with Crippen LogP contribution in [0.5, 0.6) is 0 Å². The highest BCUT2D eigenvalue weighted by Gasteiger charge is 2.02. The first kappa shape index (κ1) is 7.06. The fraction of sp³-hybridized carbons (Fsp3) is 0. The van der Waals surface area contributed by atoms with Gasteiger partial charge >= 0.3 is 0 Å². The number of hydrogen-bond donors (Lipinski definition) is 0. The minimum absolute atomic E-state index is 0.417. The number of nitrogens with zero attached hydrogens (tertiary/aromatic N) is 3. The van der Waals surface area contributed by atoms with Gasteiger partial charge in [-0.3, -0.25) is 4.40 Å². The number of hydrogen-bond acceptors (Lipinski definition) is 2. The summed E-state index contributed by atoms with van der Waals surface area (Å²) < 4.78 is 2.54. The number of halogens is 2. The lowest BCUT2D eigenvalue weighted by Crippen LogP contribution is -1.89. The molecular formula is C6H3BrClN3. The van der Waals surface area contributed by atoms with Gasteiger partial charge in [-0.05, 0) is 27.5 Å². The molecule has 3 nitrogen and oxygen atoms in total. The molecule has 0 N–H and O–H groups in total. The summed E-state index contributed by atoms with van der Waals surface area (Å²) in [4.78, 5) is 7.99. The van der Waals surface area contributed by atoms with Crippen molar-refractivity contribution in [3.8, 4) is 0 Å². The summed E-state index contributed by atoms with van der Waals surface area (Å²) in [5, 5.41) is 0.417. The fourth-order valence-corrected chi connectivity index (χ4v) is 1.44. The normalized spacial score (nSPS) is 10.7. The lowest BCUT2D eigenvalue weighted by Gasteiger charge is -1.96. The summed E-state index contributed by atoms with van der Waals surface area (Å²) >= 11 is 9.07. The molecule has 0 aliphatic rings. The van der Waals surface area contributed by atoms with Crippen molar-refractivity contribution in [2.45, 2.75) is 0 Å². The molecular weight excluding hydrogens is 229 g/mol. The number of rotatable bonds is 0. The Morgan fingerprint density at radius 3 is 3.00 bits per heavy atom. The van der Waals surface area contributed by atoms with Crippen molar-refractivity contribution < 1.29 is 0 Å². The molecule has 0 radical (unpaired) electrons. The van der Waals surface area contributed by atoms with Gasteiger partial charge in [-0.25, -0.2) is 9.97 Å². The topological polar surface area (TPSA) is 30.2 Å². The van der Waals surface area contributed by atoms with E-state index in [2.05, 4.69) is 25.9 Å². The van der Waals surface area contributed by atoms with Crippen molar-refractivity contribution in [3.63, 3.8) is 0 Å². The van der Waals surface area contributed by atoms with Crippen LogP contribution in [0.4, 0.5) is 0 Å². The monoisotopic (exact) mass is 231 g/mol. The Balaban J connectivity index is 2.96. The van der Waals surface area contributed by atoms with E-state index >= 15 is 0 Å². The zero-order chi connectivity index (χ0) is 7.84. The molecule has 2 aromatic heterocycles. The van der Waals surface area contributed by atoms with E-state index in [4.69, 9.17) is 11.6 Å². The van der Waals surface area contributed by atoms with Crippen LogP contribution >= 0.6 is 27.5 Å². The Bertz CT molecular complexity index is 362. The van der Waals surface area contributed by atoms with Crippen LogP contribution in [-0.4, -0.2) is 14.4 Å². The van der Waals surface area contributed by atoms with Gasteiger partial charge in [-0.2, -0.15) is 0 Å². The summed E-state index contributed by atoms with van der Waals surface area (Å²) in [6, 6.07) is 0. The lowest BCUT2D eigenvalue weighted by atomic mass is 10.6. The van der Waals surface area contributed by atoms with Crippen molar-refractivity contribution in [2.24, 2.45) is 0 Å². The molecule has 56 valence electrons. The molecule has 0 fully saturated rings. The smallest absolute Gasteiger partial charge is 0.208 e. The first-order valence-electron chi connectivity index (χ1n) is 2.92. The third kappa shape index (κ3) is 1.02. The highest BCUT2D eigenvalue weighted by Crippen LogP contribution is 2.17. The van der Waals surface area contributed by atoms with Gasteiger partial charge in [0, 0.05) is 18.6 Å². The first-order valence-corrected chi connectivity index (χ1v) is 4.09. The molecule has 2 aromatic rings. The van der Waals surface area contributed by atoms with Crippen LogP contribution in [0.1, 0.15) is 0 Å². The Kier molecular flexibility index (Phi) is 1.58. The second kappa shape index (κ2) is 2.46. The maximum Gasteiger partial charge on any atom is 0.208 e. The molecule has 11 heavy (non-hydrogen) atoms. The molecule has 2 heterocycles. The largest absolute Gasteiger partial charge is 0.274 e. The molecule has 2 rings (SSSR count). The van der Waals surface area contributed by atoms with Gasteiger partial charge in [-0.15, -0.1) is 0 Å². The van der Waals surface area contributed by atoms with Crippen LogP contribution < -0.4 is 0 Å². The Hall–Kier alpha value is -0.610. The zero-order valence-electron chi connectivity index (χ0n) is 5.33. The van der Waals surface area contributed by atoms with Crippen molar-refractivity contribution in [3.05, 3.63) is 28.3 Å². The quantitative estimate of drug-likeness (QED) is 0.652. The van der Waals surface area contributed by atoms with Gasteiger partial charge < -0.3 is 0 Å². The molecule has 0 unspecified atom stereocenters. The van der Waals surface area contributed by atoms with E-state index in [0.717, 1.165) is 10.1 Å². The second-order valence-electron chi connectivity index (χ2n) is 2.00. The standard InChI is InChI=1S/C6H3BrClN3/c7-4-3-10-6(8)11-2-1-9-5(4)11/h1-3H. The van der Waals surface area contributed by atoms with E-state index in [1.807, 2.05) is 0 Å². The van der Waals surface area contributed by atoms with Gasteiger partial charge in [0.05, 0.1) is 4.47 Å². The maximum absolute atomic E-state index is 5.76. The molecule has 0 aromatic carbocycles. The SMILES string of the molecule is Clc1ncc(Br)c2nccn12. The first-order chi connectivity index (χ1) is 5.29. The molecule has 0 spiro atoms. The predicted octanol–water partition coefficient (Wildman–Crippen LogP) is 2.15. The Morgan fingerprint density at radius 2 is 2.27 bits per heavy atom. The molecule has 0 saturated heterocycles. The predicted molar refractivity (Wildman–Crippen MR) is 45.7 cm³/mol. The summed E-state index contributed by atoms with van der Waals surface area (Å²) in [6.45, 7) is 0. The third-order valence-corrected chi connectivity index (χ3v) is 2.18. The minimum Gasteiger partial charge on any atom is -0.274 e. The van der Waals surface area contributed by atoms with Gasteiger partial charge in [0.25, 0.3) is 0 Å². The highest BCUT2D eigenvalue weighted by atomic mass is 79.9. The van der Waals surface area contributed by atoms with Crippen molar-refractivity contribution in [2.75, 3.05) is 0 Å². The van der Waals surface area contributed by atoms with E-state index in [-0.39, 0.29) is 0 Å². The summed E-state index contributed by atoms with van der Waals surface area (Å²) in [5.41, 5.74) is 0.782. The summed E-state index contributed by atoms with van der Waals surface area (Å²) in [5.74, 6) is 0. The Morgan fingerprint density at radius 1 is 1.45 bits per heavy atom. The van der Waals surface area contributed by atoms with E-state index in [1.54, 1.807) is 23.0 Å². The minimum atomic E-state index is 0.417. The van der Waals surface area contributed by atoms with E-state index in [0.29, 0.717) is 5.28 Å². The fourth-order valence-electron chi connectivity index (χ4n) is 0.859. The van der Waals surface area contributed by atoms with Gasteiger partial charge in [-0.1, -0.05) is 0 Å². The molecule has 0 atom stereocenters. The van der Waals surface area contributed by atoms with E-state index in [1.165, 1.54) is 0 Å². The number of aromatic nitrogens is 3. The van der Waals surface area contributed by atoms with E-state index in [9.17, 15) is 0 Å². The molecule has 0 bridgehead atoms. The van der Waals surface area contributed by atoms with Crippen LogP contribution in [0, 0.1) is 0 Å².